The highest BCUT2D eigenvalue weighted by Crippen LogP contribution is 2.32. The van der Waals surface area contributed by atoms with Crippen LogP contribution in [0.15, 0.2) is 18.2 Å². The van der Waals surface area contributed by atoms with Crippen LogP contribution in [0.4, 0.5) is 4.39 Å². The standard InChI is InChI=1S/C16H20FNO/c1-10-5-6-12(17)9-15(10)16(19)11-7-13-3-2-4-14(8-11)18-13/h5-6,9,11,13-14,18H,2-4,7-8H2,1H3. The van der Waals surface area contributed by atoms with Gasteiger partial charge in [-0.25, -0.2) is 4.39 Å². The van der Waals surface area contributed by atoms with E-state index in [2.05, 4.69) is 5.32 Å². The summed E-state index contributed by atoms with van der Waals surface area (Å²) < 4.78 is 13.3. The molecule has 2 bridgehead atoms. The lowest BCUT2D eigenvalue weighted by Gasteiger charge is -2.39. The molecule has 0 saturated carbocycles. The fourth-order valence-corrected chi connectivity index (χ4v) is 3.56. The van der Waals surface area contributed by atoms with Gasteiger partial charge in [0.1, 0.15) is 5.82 Å². The zero-order chi connectivity index (χ0) is 13.4. The highest BCUT2D eigenvalue weighted by atomic mass is 19.1. The smallest absolute Gasteiger partial charge is 0.166 e. The van der Waals surface area contributed by atoms with Gasteiger partial charge < -0.3 is 5.32 Å². The number of rotatable bonds is 2. The van der Waals surface area contributed by atoms with Crippen molar-refractivity contribution in [2.75, 3.05) is 0 Å². The van der Waals surface area contributed by atoms with Gasteiger partial charge in [0, 0.05) is 23.6 Å². The molecule has 1 aromatic carbocycles. The molecule has 3 heteroatoms. The molecule has 0 aromatic heterocycles. The van der Waals surface area contributed by atoms with E-state index >= 15 is 0 Å². The van der Waals surface area contributed by atoms with E-state index in [0.29, 0.717) is 17.6 Å². The summed E-state index contributed by atoms with van der Waals surface area (Å²) in [5.41, 5.74) is 1.46. The molecule has 2 aliphatic rings. The Morgan fingerprint density at radius 2 is 1.95 bits per heavy atom. The molecule has 0 spiro atoms. The minimum atomic E-state index is -0.317. The molecule has 1 N–H and O–H groups in total. The fourth-order valence-electron chi connectivity index (χ4n) is 3.56. The molecule has 2 unspecified atom stereocenters. The van der Waals surface area contributed by atoms with E-state index in [1.54, 1.807) is 6.07 Å². The molecular weight excluding hydrogens is 241 g/mol. The van der Waals surface area contributed by atoms with Crippen molar-refractivity contribution in [3.8, 4) is 0 Å². The van der Waals surface area contributed by atoms with Crippen molar-refractivity contribution in [1.29, 1.82) is 0 Å². The lowest BCUT2D eigenvalue weighted by Crippen LogP contribution is -2.50. The second kappa shape index (κ2) is 5.04. The Morgan fingerprint density at radius 3 is 2.63 bits per heavy atom. The zero-order valence-corrected chi connectivity index (χ0v) is 11.3. The van der Waals surface area contributed by atoms with E-state index in [1.807, 2.05) is 6.92 Å². The number of fused-ring (bicyclic) bond motifs is 2. The molecule has 0 radical (unpaired) electrons. The van der Waals surface area contributed by atoms with E-state index < -0.39 is 0 Å². The first-order valence-electron chi connectivity index (χ1n) is 7.20. The summed E-state index contributed by atoms with van der Waals surface area (Å²) in [6.07, 6.45) is 5.42. The van der Waals surface area contributed by atoms with Crippen molar-refractivity contribution in [3.05, 3.63) is 35.1 Å². The Morgan fingerprint density at radius 1 is 1.26 bits per heavy atom. The molecule has 2 heterocycles. The Bertz CT molecular complexity index is 488. The maximum atomic E-state index is 13.3. The summed E-state index contributed by atoms with van der Waals surface area (Å²) in [4.78, 5) is 12.6. The van der Waals surface area contributed by atoms with Crippen molar-refractivity contribution in [1.82, 2.24) is 5.32 Å². The Labute approximate surface area is 113 Å². The van der Waals surface area contributed by atoms with Gasteiger partial charge in [-0.2, -0.15) is 0 Å². The van der Waals surface area contributed by atoms with Crippen LogP contribution in [0.3, 0.4) is 0 Å². The molecule has 2 aliphatic heterocycles. The number of ketones is 1. The van der Waals surface area contributed by atoms with Crippen molar-refractivity contribution >= 4 is 5.78 Å². The fraction of sp³-hybridized carbons (Fsp3) is 0.562. The summed E-state index contributed by atoms with van der Waals surface area (Å²) in [6, 6.07) is 5.48. The zero-order valence-electron chi connectivity index (χ0n) is 11.3. The Kier molecular flexibility index (Phi) is 3.40. The van der Waals surface area contributed by atoms with Crippen LogP contribution in [0, 0.1) is 18.7 Å². The summed E-state index contributed by atoms with van der Waals surface area (Å²) >= 11 is 0. The van der Waals surface area contributed by atoms with Crippen LogP contribution in [0.1, 0.15) is 48.0 Å². The monoisotopic (exact) mass is 261 g/mol. The van der Waals surface area contributed by atoms with Gasteiger partial charge in [-0.3, -0.25) is 4.79 Å². The maximum absolute atomic E-state index is 13.3. The molecule has 2 fully saturated rings. The molecule has 19 heavy (non-hydrogen) atoms. The van der Waals surface area contributed by atoms with E-state index in [1.165, 1.54) is 31.4 Å². The lowest BCUT2D eigenvalue weighted by atomic mass is 9.77. The van der Waals surface area contributed by atoms with Gasteiger partial charge in [0.15, 0.2) is 5.78 Å². The van der Waals surface area contributed by atoms with Gasteiger partial charge in [0.05, 0.1) is 0 Å². The number of hydrogen-bond acceptors (Lipinski definition) is 2. The number of hydrogen-bond donors (Lipinski definition) is 1. The van der Waals surface area contributed by atoms with Crippen LogP contribution in [-0.2, 0) is 0 Å². The molecule has 2 nitrogen and oxygen atoms in total. The number of aryl methyl sites for hydroxylation is 1. The SMILES string of the molecule is Cc1ccc(F)cc1C(=O)C1CC2CCCC(C1)N2. The van der Waals surface area contributed by atoms with Gasteiger partial charge in [0.2, 0.25) is 0 Å². The Hall–Kier alpha value is -1.22. The third kappa shape index (κ3) is 2.57. The number of nitrogens with one attached hydrogen (secondary N) is 1. The van der Waals surface area contributed by atoms with Crippen LogP contribution >= 0.6 is 0 Å². The highest BCUT2D eigenvalue weighted by Gasteiger charge is 2.35. The highest BCUT2D eigenvalue weighted by molar-refractivity contribution is 5.99. The molecule has 1 aromatic rings. The van der Waals surface area contributed by atoms with E-state index in [-0.39, 0.29) is 17.5 Å². The van der Waals surface area contributed by atoms with E-state index in [0.717, 1.165) is 18.4 Å². The number of benzene rings is 1. The van der Waals surface area contributed by atoms with Crippen molar-refractivity contribution < 1.29 is 9.18 Å². The third-order valence-electron chi connectivity index (χ3n) is 4.55. The molecule has 0 aliphatic carbocycles. The largest absolute Gasteiger partial charge is 0.311 e. The molecule has 2 atom stereocenters. The van der Waals surface area contributed by atoms with Gasteiger partial charge >= 0.3 is 0 Å². The summed E-state index contributed by atoms with van der Waals surface area (Å²) in [6.45, 7) is 1.88. The second-order valence-electron chi connectivity index (χ2n) is 5.98. The minimum Gasteiger partial charge on any atom is -0.311 e. The first kappa shape index (κ1) is 12.8. The Balaban J connectivity index is 1.82. The van der Waals surface area contributed by atoms with Gasteiger partial charge in [0.25, 0.3) is 0 Å². The van der Waals surface area contributed by atoms with Crippen LogP contribution < -0.4 is 5.32 Å². The topological polar surface area (TPSA) is 29.1 Å². The number of carbonyl (C=O) groups is 1. The molecule has 102 valence electrons. The van der Waals surface area contributed by atoms with Crippen LogP contribution in [-0.4, -0.2) is 17.9 Å². The number of carbonyl (C=O) groups excluding carboxylic acids is 1. The predicted molar refractivity (Wildman–Crippen MR) is 72.8 cm³/mol. The van der Waals surface area contributed by atoms with Gasteiger partial charge in [-0.1, -0.05) is 12.5 Å². The van der Waals surface area contributed by atoms with Crippen LogP contribution in [0.25, 0.3) is 0 Å². The number of piperidine rings is 2. The van der Waals surface area contributed by atoms with Crippen molar-refractivity contribution in [3.63, 3.8) is 0 Å². The van der Waals surface area contributed by atoms with Gasteiger partial charge in [-0.05, 0) is 50.3 Å². The van der Waals surface area contributed by atoms with E-state index in [4.69, 9.17) is 0 Å². The predicted octanol–water partition coefficient (Wildman–Crippen LogP) is 3.24. The number of Topliss-reactive ketones (excluding diaryl/α,β-unsaturated/α-hetero) is 1. The quantitative estimate of drug-likeness (QED) is 0.828. The first-order chi connectivity index (χ1) is 9.13. The molecule has 0 amide bonds. The minimum absolute atomic E-state index is 0.0667. The summed E-state index contributed by atoms with van der Waals surface area (Å²) in [7, 11) is 0. The average Bonchev–Trinajstić information content (AvgIpc) is 2.40. The molecule has 2 saturated heterocycles. The van der Waals surface area contributed by atoms with Crippen LogP contribution in [0.5, 0.6) is 0 Å². The van der Waals surface area contributed by atoms with Crippen molar-refractivity contribution in [2.45, 2.75) is 51.1 Å². The lowest BCUT2D eigenvalue weighted by molar-refractivity contribution is 0.0824. The van der Waals surface area contributed by atoms with Crippen molar-refractivity contribution in [2.24, 2.45) is 5.92 Å². The van der Waals surface area contributed by atoms with Gasteiger partial charge in [-0.15, -0.1) is 0 Å². The maximum Gasteiger partial charge on any atom is 0.166 e. The summed E-state index contributed by atoms with van der Waals surface area (Å²) in [5.74, 6) is -0.115. The van der Waals surface area contributed by atoms with Crippen LogP contribution in [0.2, 0.25) is 0 Å². The van der Waals surface area contributed by atoms with E-state index in [9.17, 15) is 9.18 Å². The summed E-state index contributed by atoms with van der Waals surface area (Å²) in [5, 5.41) is 3.59. The first-order valence-corrected chi connectivity index (χ1v) is 7.20. The normalized spacial score (nSPS) is 30.1. The second-order valence-corrected chi connectivity index (χ2v) is 5.98. The molecule has 3 rings (SSSR count). The average molecular weight is 261 g/mol. The number of halogens is 1. The third-order valence-corrected chi connectivity index (χ3v) is 4.55. The molecular formula is C16H20FNO.